The maximum absolute atomic E-state index is 12.4. The fourth-order valence-corrected chi connectivity index (χ4v) is 3.78. The van der Waals surface area contributed by atoms with Crippen molar-refractivity contribution in [2.75, 3.05) is 23.4 Å². The van der Waals surface area contributed by atoms with E-state index in [0.29, 0.717) is 11.5 Å². The molecule has 0 bridgehead atoms. The molecule has 1 aliphatic heterocycles. The molecule has 0 aliphatic carbocycles. The number of amides is 2. The third kappa shape index (κ3) is 4.22. The number of benzene rings is 1. The number of carbonyl (C=O) groups excluding carboxylic acids is 2. The smallest absolute Gasteiger partial charge is 0.251 e. The van der Waals surface area contributed by atoms with Gasteiger partial charge in [0.2, 0.25) is 11.9 Å². The summed E-state index contributed by atoms with van der Waals surface area (Å²) in [6, 6.07) is 6.91. The number of aliphatic hydroxyl groups is 1. The van der Waals surface area contributed by atoms with Gasteiger partial charge in [0.05, 0.1) is 12.6 Å². The van der Waals surface area contributed by atoms with Crippen LogP contribution in [0.5, 0.6) is 0 Å². The van der Waals surface area contributed by atoms with E-state index in [1.807, 2.05) is 19.9 Å². The van der Waals surface area contributed by atoms with Crippen molar-refractivity contribution in [1.82, 2.24) is 15.3 Å². The minimum atomic E-state index is -0.270. The van der Waals surface area contributed by atoms with E-state index in [1.54, 1.807) is 36.2 Å². The molecule has 0 fully saturated rings. The van der Waals surface area contributed by atoms with Gasteiger partial charge >= 0.3 is 0 Å². The Bertz CT molecular complexity index is 917. The first kappa shape index (κ1) is 20.7. The third-order valence-electron chi connectivity index (χ3n) is 5.39. The van der Waals surface area contributed by atoms with Gasteiger partial charge in [0.15, 0.2) is 0 Å². The summed E-state index contributed by atoms with van der Waals surface area (Å²) in [4.78, 5) is 35.3. The molecule has 0 spiro atoms. The van der Waals surface area contributed by atoms with Gasteiger partial charge in [-0.2, -0.15) is 0 Å². The van der Waals surface area contributed by atoms with Crippen LogP contribution in [-0.2, 0) is 4.79 Å². The van der Waals surface area contributed by atoms with Crippen molar-refractivity contribution < 1.29 is 14.7 Å². The van der Waals surface area contributed by atoms with Crippen molar-refractivity contribution in [3.05, 3.63) is 47.3 Å². The molecule has 2 amide bonds. The molecular weight excluding hydrogens is 370 g/mol. The largest absolute Gasteiger partial charge is 0.395 e. The highest BCUT2D eigenvalue weighted by molar-refractivity contribution is 5.98. The second kappa shape index (κ2) is 8.57. The molecule has 29 heavy (non-hydrogen) atoms. The van der Waals surface area contributed by atoms with E-state index in [-0.39, 0.29) is 43.0 Å². The Kier molecular flexibility index (Phi) is 6.12. The molecule has 1 aliphatic rings. The van der Waals surface area contributed by atoms with Gasteiger partial charge in [-0.05, 0) is 43.7 Å². The number of aryl methyl sites for hydroxylation is 1. The number of carbonyl (C=O) groups is 2. The monoisotopic (exact) mass is 397 g/mol. The zero-order valence-electron chi connectivity index (χ0n) is 17.1. The molecule has 8 nitrogen and oxygen atoms in total. The molecule has 3 rings (SSSR count). The van der Waals surface area contributed by atoms with Crippen LogP contribution in [-0.4, -0.2) is 46.1 Å². The van der Waals surface area contributed by atoms with E-state index in [9.17, 15) is 9.59 Å². The van der Waals surface area contributed by atoms with Crippen LogP contribution in [0.25, 0.3) is 0 Å². The van der Waals surface area contributed by atoms with Crippen LogP contribution in [0.15, 0.2) is 30.5 Å². The van der Waals surface area contributed by atoms with Gasteiger partial charge in [-0.1, -0.05) is 6.92 Å². The van der Waals surface area contributed by atoms with Crippen molar-refractivity contribution in [3.63, 3.8) is 0 Å². The maximum Gasteiger partial charge on any atom is 0.251 e. The number of aliphatic hydroxyl groups excluding tert-OH is 1. The summed E-state index contributed by atoms with van der Waals surface area (Å²) in [7, 11) is 0. The van der Waals surface area contributed by atoms with Crippen molar-refractivity contribution in [2.45, 2.75) is 39.8 Å². The van der Waals surface area contributed by atoms with Gasteiger partial charge < -0.3 is 20.6 Å². The number of hydrogen-bond acceptors (Lipinski definition) is 6. The number of nitrogens with zero attached hydrogens (tertiary/aromatic N) is 3. The van der Waals surface area contributed by atoms with Crippen LogP contribution < -0.4 is 15.5 Å². The predicted molar refractivity (Wildman–Crippen MR) is 111 cm³/mol. The topological polar surface area (TPSA) is 107 Å². The Morgan fingerprint density at radius 2 is 2.00 bits per heavy atom. The highest BCUT2D eigenvalue weighted by Gasteiger charge is 2.38. The lowest BCUT2D eigenvalue weighted by molar-refractivity contribution is -0.117. The summed E-state index contributed by atoms with van der Waals surface area (Å²) < 4.78 is 0. The number of nitrogens with one attached hydrogen (secondary N) is 2. The highest BCUT2D eigenvalue weighted by Crippen LogP contribution is 2.42. The lowest BCUT2D eigenvalue weighted by Crippen LogP contribution is -2.48. The number of anilines is 2. The van der Waals surface area contributed by atoms with Gasteiger partial charge in [0, 0.05) is 48.6 Å². The molecule has 3 atom stereocenters. The number of hydrogen-bond donors (Lipinski definition) is 3. The highest BCUT2D eigenvalue weighted by atomic mass is 16.3. The minimum absolute atomic E-state index is 0.0450. The van der Waals surface area contributed by atoms with Crippen molar-refractivity contribution >= 4 is 23.5 Å². The molecule has 2 heterocycles. The first-order valence-electron chi connectivity index (χ1n) is 9.72. The number of aromatic nitrogens is 2. The van der Waals surface area contributed by atoms with Gasteiger partial charge in [-0.3, -0.25) is 9.59 Å². The maximum atomic E-state index is 12.4. The molecule has 0 unspecified atom stereocenters. The fourth-order valence-electron chi connectivity index (χ4n) is 3.78. The molecule has 1 aromatic heterocycles. The van der Waals surface area contributed by atoms with Crippen LogP contribution in [0.2, 0.25) is 0 Å². The normalized spacial score (nSPS) is 20.7. The second-order valence-corrected chi connectivity index (χ2v) is 7.39. The van der Waals surface area contributed by atoms with Crippen molar-refractivity contribution in [1.29, 1.82) is 0 Å². The van der Waals surface area contributed by atoms with E-state index < -0.39 is 0 Å². The summed E-state index contributed by atoms with van der Waals surface area (Å²) >= 11 is 0. The van der Waals surface area contributed by atoms with Crippen LogP contribution in [0.4, 0.5) is 11.6 Å². The summed E-state index contributed by atoms with van der Waals surface area (Å²) in [6.07, 6.45) is 1.70. The second-order valence-electron chi connectivity index (χ2n) is 7.39. The Morgan fingerprint density at radius 3 is 2.66 bits per heavy atom. The lowest BCUT2D eigenvalue weighted by atomic mass is 9.82. The van der Waals surface area contributed by atoms with E-state index >= 15 is 0 Å². The van der Waals surface area contributed by atoms with E-state index in [4.69, 9.17) is 5.11 Å². The SMILES string of the molecule is CC(=O)N1c2ccc(C(=O)NCCO)cc2[C@H](Nc2nccc(C)n2)[C@@H](C)[C@@H]1C. The summed E-state index contributed by atoms with van der Waals surface area (Å²) in [5, 5.41) is 15.0. The third-order valence-corrected chi connectivity index (χ3v) is 5.39. The zero-order chi connectivity index (χ0) is 21.1. The van der Waals surface area contributed by atoms with Crippen molar-refractivity contribution in [3.8, 4) is 0 Å². The van der Waals surface area contributed by atoms with Gasteiger partial charge in [-0.25, -0.2) is 9.97 Å². The molecule has 3 N–H and O–H groups in total. The first-order chi connectivity index (χ1) is 13.8. The Hall–Kier alpha value is -3.00. The average Bonchev–Trinajstić information content (AvgIpc) is 2.69. The number of rotatable bonds is 5. The van der Waals surface area contributed by atoms with Gasteiger partial charge in [0.25, 0.3) is 5.91 Å². The summed E-state index contributed by atoms with van der Waals surface area (Å²) in [5.74, 6) is 0.235. The average molecular weight is 397 g/mol. The van der Waals surface area contributed by atoms with E-state index in [0.717, 1.165) is 16.9 Å². The van der Waals surface area contributed by atoms with E-state index in [2.05, 4.69) is 27.5 Å². The standard InChI is InChI=1S/C21H27N5O3/c1-12-7-8-23-21(24-12)25-19-13(2)14(3)26(15(4)28)18-6-5-16(11-17(18)19)20(29)22-9-10-27/h5-8,11,13-14,19,27H,9-10H2,1-4H3,(H,22,29)(H,23,24,25)/t13-,14-,19+/m0/s1. The molecule has 8 heteroatoms. The Balaban J connectivity index is 2.05. The summed E-state index contributed by atoms with van der Waals surface area (Å²) in [5.41, 5.74) is 2.93. The first-order valence-corrected chi connectivity index (χ1v) is 9.72. The Labute approximate surface area is 170 Å². The molecule has 1 aromatic carbocycles. The Morgan fingerprint density at radius 1 is 1.24 bits per heavy atom. The van der Waals surface area contributed by atoms with Crippen LogP contribution in [0.3, 0.4) is 0 Å². The van der Waals surface area contributed by atoms with Crippen LogP contribution >= 0.6 is 0 Å². The summed E-state index contributed by atoms with van der Waals surface area (Å²) in [6.45, 7) is 7.58. The quantitative estimate of drug-likeness (QED) is 0.713. The molecular formula is C21H27N5O3. The fraction of sp³-hybridized carbons (Fsp3) is 0.429. The molecule has 0 saturated carbocycles. The molecule has 2 aromatic rings. The van der Waals surface area contributed by atoms with Crippen LogP contribution in [0, 0.1) is 12.8 Å². The molecule has 0 saturated heterocycles. The van der Waals surface area contributed by atoms with Gasteiger partial charge in [-0.15, -0.1) is 0 Å². The number of fused-ring (bicyclic) bond motifs is 1. The predicted octanol–water partition coefficient (Wildman–Crippen LogP) is 2.05. The molecule has 0 radical (unpaired) electrons. The van der Waals surface area contributed by atoms with Crippen molar-refractivity contribution in [2.24, 2.45) is 5.92 Å². The van der Waals surface area contributed by atoms with Gasteiger partial charge in [0.1, 0.15) is 0 Å². The van der Waals surface area contributed by atoms with E-state index in [1.165, 1.54) is 0 Å². The van der Waals surface area contributed by atoms with Crippen LogP contribution in [0.1, 0.15) is 48.4 Å². The minimum Gasteiger partial charge on any atom is -0.395 e. The lowest BCUT2D eigenvalue weighted by Gasteiger charge is -2.44. The zero-order valence-corrected chi connectivity index (χ0v) is 17.1. The molecule has 154 valence electrons.